The van der Waals surface area contributed by atoms with Crippen LogP contribution in [-0.2, 0) is 9.59 Å². The fourth-order valence-corrected chi connectivity index (χ4v) is 3.93. The number of hydrogen-bond donors (Lipinski definition) is 3. The van der Waals surface area contributed by atoms with Crippen LogP contribution in [0.5, 0.6) is 0 Å². The number of imide groups is 1. The number of anilines is 1. The zero-order chi connectivity index (χ0) is 18.5. The average Bonchev–Trinajstić information content (AvgIpc) is 2.94. The first-order valence-corrected chi connectivity index (χ1v) is 9.71. The second kappa shape index (κ2) is 8.70. The Morgan fingerprint density at radius 3 is 2.42 bits per heavy atom. The summed E-state index contributed by atoms with van der Waals surface area (Å²) in [5.74, 6) is -0.763. The molecule has 26 heavy (non-hydrogen) atoms. The van der Waals surface area contributed by atoms with E-state index in [0.29, 0.717) is 5.69 Å². The highest BCUT2D eigenvalue weighted by Crippen LogP contribution is 2.21. The first-order chi connectivity index (χ1) is 12.6. The number of carbonyl (C=O) groups is 2. The molecule has 3 rings (SSSR count). The summed E-state index contributed by atoms with van der Waals surface area (Å²) in [6.07, 6.45) is 1.27. The summed E-state index contributed by atoms with van der Waals surface area (Å²) in [6.45, 7) is 10.4. The molecule has 142 valence electrons. The molecule has 7 heteroatoms. The number of quaternary nitrogens is 3. The van der Waals surface area contributed by atoms with Gasteiger partial charge in [0.1, 0.15) is 32.0 Å². The molecular formula is C19H30FN4O2+3. The van der Waals surface area contributed by atoms with E-state index in [2.05, 4.69) is 6.92 Å². The SMILES string of the molecule is CC[NH+]1CC[NH+](CCC[NH2+][C@@H]2CC(=O)N(c3ccc(F)cc3)C2=O)CC1. The summed E-state index contributed by atoms with van der Waals surface area (Å²) in [5, 5.41) is 2.00. The first kappa shape index (κ1) is 18.9. The summed E-state index contributed by atoms with van der Waals surface area (Å²) in [6, 6.07) is 5.17. The largest absolute Gasteiger partial charge is 0.335 e. The number of nitrogens with two attached hydrogens (primary N) is 1. The maximum atomic E-state index is 13.0. The highest BCUT2D eigenvalue weighted by molar-refractivity contribution is 6.21. The van der Waals surface area contributed by atoms with Crippen LogP contribution in [0.15, 0.2) is 24.3 Å². The minimum absolute atomic E-state index is 0.186. The monoisotopic (exact) mass is 365 g/mol. The zero-order valence-corrected chi connectivity index (χ0v) is 15.5. The standard InChI is InChI=1S/C19H27FN4O2/c1-2-22-10-12-23(13-11-22)9-3-8-21-17-14-18(25)24(19(17)26)16-6-4-15(20)5-7-16/h4-7,17,21H,2-3,8-14H2,1H3/p+3/t17-/m1/s1. The summed E-state index contributed by atoms with van der Waals surface area (Å²) in [7, 11) is 0. The van der Waals surface area contributed by atoms with E-state index >= 15 is 0 Å². The molecule has 0 aromatic heterocycles. The molecule has 2 aliphatic heterocycles. The lowest BCUT2D eigenvalue weighted by molar-refractivity contribution is -1.01. The number of benzene rings is 1. The Morgan fingerprint density at radius 2 is 1.77 bits per heavy atom. The third kappa shape index (κ3) is 4.47. The quantitative estimate of drug-likeness (QED) is 0.362. The molecule has 2 heterocycles. The molecule has 0 radical (unpaired) electrons. The number of rotatable bonds is 7. The molecule has 1 aromatic carbocycles. The first-order valence-electron chi connectivity index (χ1n) is 9.71. The maximum Gasteiger partial charge on any atom is 0.292 e. The molecular weight excluding hydrogens is 335 g/mol. The lowest BCUT2D eigenvalue weighted by atomic mass is 10.2. The van der Waals surface area contributed by atoms with Gasteiger partial charge in [-0.2, -0.15) is 0 Å². The van der Waals surface area contributed by atoms with E-state index in [-0.39, 0.29) is 30.1 Å². The van der Waals surface area contributed by atoms with Crippen molar-refractivity contribution in [1.82, 2.24) is 0 Å². The van der Waals surface area contributed by atoms with E-state index in [4.69, 9.17) is 0 Å². The fourth-order valence-electron chi connectivity index (χ4n) is 3.93. The second-order valence-corrected chi connectivity index (χ2v) is 7.34. The number of amides is 2. The lowest BCUT2D eigenvalue weighted by Crippen LogP contribution is -3.28. The Kier molecular flexibility index (Phi) is 6.34. The van der Waals surface area contributed by atoms with Gasteiger partial charge >= 0.3 is 0 Å². The van der Waals surface area contributed by atoms with Crippen molar-refractivity contribution in [3.05, 3.63) is 30.1 Å². The minimum atomic E-state index is -0.375. The van der Waals surface area contributed by atoms with Crippen LogP contribution in [0.25, 0.3) is 0 Å². The lowest BCUT2D eigenvalue weighted by Gasteiger charge is -2.28. The van der Waals surface area contributed by atoms with Gasteiger partial charge in [-0.1, -0.05) is 0 Å². The fraction of sp³-hybridized carbons (Fsp3) is 0.579. The van der Waals surface area contributed by atoms with Crippen LogP contribution in [-0.4, -0.2) is 63.7 Å². The summed E-state index contributed by atoms with van der Waals surface area (Å²) >= 11 is 0. The number of nitrogens with zero attached hydrogens (tertiary/aromatic N) is 1. The summed E-state index contributed by atoms with van der Waals surface area (Å²) in [4.78, 5) is 29.3. The van der Waals surface area contributed by atoms with E-state index in [1.807, 2.05) is 5.32 Å². The van der Waals surface area contributed by atoms with E-state index in [0.717, 1.165) is 19.5 Å². The van der Waals surface area contributed by atoms with Crippen molar-refractivity contribution in [1.29, 1.82) is 0 Å². The van der Waals surface area contributed by atoms with E-state index < -0.39 is 0 Å². The molecule has 6 nitrogen and oxygen atoms in total. The topological polar surface area (TPSA) is 62.9 Å². The number of piperazine rings is 1. The highest BCUT2D eigenvalue weighted by Gasteiger charge is 2.42. The number of halogens is 1. The molecule has 1 atom stereocenters. The molecule has 0 aliphatic carbocycles. The van der Waals surface area contributed by atoms with Gasteiger partial charge in [-0.25, -0.2) is 9.29 Å². The molecule has 0 unspecified atom stereocenters. The van der Waals surface area contributed by atoms with Crippen LogP contribution < -0.4 is 20.0 Å². The molecule has 0 bridgehead atoms. The third-order valence-corrected chi connectivity index (χ3v) is 5.62. The van der Waals surface area contributed by atoms with Crippen LogP contribution in [0, 0.1) is 5.82 Å². The van der Waals surface area contributed by atoms with Gasteiger partial charge in [-0.3, -0.25) is 9.59 Å². The number of likely N-dealkylation sites (N-methyl/N-ethyl adjacent to an activating group) is 1. The van der Waals surface area contributed by atoms with Gasteiger partial charge < -0.3 is 15.1 Å². The molecule has 0 saturated carbocycles. The van der Waals surface area contributed by atoms with Gasteiger partial charge in [-0.05, 0) is 31.2 Å². The Morgan fingerprint density at radius 1 is 1.12 bits per heavy atom. The molecule has 2 saturated heterocycles. The predicted octanol–water partition coefficient (Wildman–Crippen LogP) is -2.79. The summed E-state index contributed by atoms with van der Waals surface area (Å²) in [5.41, 5.74) is 0.457. The van der Waals surface area contributed by atoms with Crippen molar-refractivity contribution in [2.75, 3.05) is 50.7 Å². The highest BCUT2D eigenvalue weighted by atomic mass is 19.1. The average molecular weight is 365 g/mol. The summed E-state index contributed by atoms with van der Waals surface area (Å²) < 4.78 is 13.0. The second-order valence-electron chi connectivity index (χ2n) is 7.34. The Labute approximate surface area is 153 Å². The zero-order valence-electron chi connectivity index (χ0n) is 15.5. The number of carbonyl (C=O) groups excluding carboxylic acids is 2. The molecule has 2 amide bonds. The molecule has 2 aliphatic rings. The van der Waals surface area contributed by atoms with Crippen molar-refractivity contribution in [2.45, 2.75) is 25.8 Å². The van der Waals surface area contributed by atoms with Crippen molar-refractivity contribution in [2.24, 2.45) is 0 Å². The van der Waals surface area contributed by atoms with Crippen LogP contribution in [0.2, 0.25) is 0 Å². The van der Waals surface area contributed by atoms with Gasteiger partial charge in [0.2, 0.25) is 5.91 Å². The van der Waals surface area contributed by atoms with E-state index in [1.54, 1.807) is 9.80 Å². The Balaban J connectivity index is 1.42. The van der Waals surface area contributed by atoms with Gasteiger partial charge in [0.15, 0.2) is 6.04 Å². The van der Waals surface area contributed by atoms with Crippen molar-refractivity contribution in [3.63, 3.8) is 0 Å². The van der Waals surface area contributed by atoms with Crippen molar-refractivity contribution in [3.8, 4) is 0 Å². The van der Waals surface area contributed by atoms with E-state index in [9.17, 15) is 14.0 Å². The van der Waals surface area contributed by atoms with E-state index in [1.165, 1.54) is 61.9 Å². The predicted molar refractivity (Wildman–Crippen MR) is 95.5 cm³/mol. The number of hydrogen-bond acceptors (Lipinski definition) is 2. The van der Waals surface area contributed by atoms with Crippen LogP contribution in [0.3, 0.4) is 0 Å². The van der Waals surface area contributed by atoms with Crippen LogP contribution in [0.1, 0.15) is 19.8 Å². The smallest absolute Gasteiger partial charge is 0.292 e. The van der Waals surface area contributed by atoms with Gasteiger partial charge in [0, 0.05) is 6.42 Å². The van der Waals surface area contributed by atoms with Crippen LogP contribution >= 0.6 is 0 Å². The molecule has 0 spiro atoms. The van der Waals surface area contributed by atoms with Crippen molar-refractivity contribution >= 4 is 17.5 Å². The van der Waals surface area contributed by atoms with Crippen LogP contribution in [0.4, 0.5) is 10.1 Å². The van der Waals surface area contributed by atoms with Gasteiger partial charge in [-0.15, -0.1) is 0 Å². The van der Waals surface area contributed by atoms with Gasteiger partial charge in [0.05, 0.1) is 31.7 Å². The van der Waals surface area contributed by atoms with Crippen molar-refractivity contribution < 1.29 is 29.1 Å². The molecule has 1 aromatic rings. The van der Waals surface area contributed by atoms with Gasteiger partial charge in [0.25, 0.3) is 5.91 Å². The Bertz CT molecular complexity index is 629. The number of nitrogens with one attached hydrogen (secondary N) is 2. The molecule has 4 N–H and O–H groups in total. The normalized spacial score (nSPS) is 26.5. The third-order valence-electron chi connectivity index (χ3n) is 5.62. The maximum absolute atomic E-state index is 13.0. The minimum Gasteiger partial charge on any atom is -0.335 e. The molecule has 2 fully saturated rings. The Hall–Kier alpha value is -1.83.